The van der Waals surface area contributed by atoms with Gasteiger partial charge in [0.2, 0.25) is 5.88 Å². The van der Waals surface area contributed by atoms with Crippen molar-refractivity contribution >= 4 is 5.84 Å². The largest absolute Gasteiger partial charge is 0.438 e. The number of rotatable bonds is 3. The SMILES string of the molecule is N=C(N)c1cc2c(nc1Oc1cccc(F)c1)CCCC2. The monoisotopic (exact) mass is 285 g/mol. The van der Waals surface area contributed by atoms with Crippen LogP contribution in [0.2, 0.25) is 0 Å². The van der Waals surface area contributed by atoms with E-state index in [9.17, 15) is 4.39 Å². The van der Waals surface area contributed by atoms with E-state index in [0.29, 0.717) is 11.3 Å². The van der Waals surface area contributed by atoms with Crippen molar-refractivity contribution in [2.45, 2.75) is 25.7 Å². The van der Waals surface area contributed by atoms with Gasteiger partial charge in [-0.1, -0.05) is 6.07 Å². The standard InChI is InChI=1S/C16H16FN3O/c17-11-5-3-6-12(9-11)21-16-13(15(18)19)8-10-4-1-2-7-14(10)20-16/h3,5-6,8-9H,1-2,4,7H2,(H3,18,19). The molecule has 1 aromatic heterocycles. The van der Waals surface area contributed by atoms with E-state index >= 15 is 0 Å². The third-order valence-electron chi connectivity index (χ3n) is 3.57. The van der Waals surface area contributed by atoms with E-state index in [-0.39, 0.29) is 17.5 Å². The Labute approximate surface area is 122 Å². The first-order valence-electron chi connectivity index (χ1n) is 6.94. The van der Waals surface area contributed by atoms with E-state index in [1.165, 1.54) is 12.1 Å². The van der Waals surface area contributed by atoms with Gasteiger partial charge in [-0.05, 0) is 49.4 Å². The molecule has 2 aromatic rings. The van der Waals surface area contributed by atoms with E-state index in [2.05, 4.69) is 4.98 Å². The maximum absolute atomic E-state index is 13.2. The molecule has 108 valence electrons. The number of hydrogen-bond donors (Lipinski definition) is 2. The second-order valence-corrected chi connectivity index (χ2v) is 5.13. The van der Waals surface area contributed by atoms with Crippen LogP contribution in [0, 0.1) is 11.2 Å². The summed E-state index contributed by atoms with van der Waals surface area (Å²) in [6.07, 6.45) is 4.06. The van der Waals surface area contributed by atoms with Crippen molar-refractivity contribution in [3.8, 4) is 11.6 Å². The zero-order valence-electron chi connectivity index (χ0n) is 11.5. The van der Waals surface area contributed by atoms with Gasteiger partial charge in [-0.15, -0.1) is 0 Å². The molecule has 0 spiro atoms. The van der Waals surface area contributed by atoms with Crippen LogP contribution in [0.3, 0.4) is 0 Å². The Bertz CT molecular complexity index is 700. The number of aryl methyl sites for hydroxylation is 2. The molecule has 3 N–H and O–H groups in total. The molecule has 1 aliphatic rings. The number of hydrogen-bond acceptors (Lipinski definition) is 3. The van der Waals surface area contributed by atoms with Gasteiger partial charge in [0.05, 0.1) is 5.56 Å². The average Bonchev–Trinajstić information content (AvgIpc) is 2.46. The predicted octanol–water partition coefficient (Wildman–Crippen LogP) is 3.18. The molecule has 0 radical (unpaired) electrons. The summed E-state index contributed by atoms with van der Waals surface area (Å²) in [5, 5.41) is 7.69. The molecule has 1 aromatic carbocycles. The number of nitrogen functional groups attached to an aromatic ring is 1. The van der Waals surface area contributed by atoms with Crippen molar-refractivity contribution < 1.29 is 9.13 Å². The number of nitrogens with zero attached hydrogens (tertiary/aromatic N) is 1. The first-order valence-corrected chi connectivity index (χ1v) is 6.94. The second kappa shape index (κ2) is 5.52. The Morgan fingerprint density at radius 2 is 2.05 bits per heavy atom. The van der Waals surface area contributed by atoms with Crippen LogP contribution in [0.25, 0.3) is 0 Å². The van der Waals surface area contributed by atoms with E-state index in [1.54, 1.807) is 12.1 Å². The summed E-state index contributed by atoms with van der Waals surface area (Å²) in [4.78, 5) is 4.49. The third-order valence-corrected chi connectivity index (χ3v) is 3.57. The fraction of sp³-hybridized carbons (Fsp3) is 0.250. The van der Waals surface area contributed by atoms with E-state index in [0.717, 1.165) is 36.9 Å². The van der Waals surface area contributed by atoms with Gasteiger partial charge in [-0.2, -0.15) is 0 Å². The van der Waals surface area contributed by atoms with Crippen molar-refractivity contribution in [1.82, 2.24) is 4.98 Å². The number of amidine groups is 1. The average molecular weight is 285 g/mol. The normalized spacial score (nSPS) is 13.6. The minimum atomic E-state index is -0.380. The van der Waals surface area contributed by atoms with Crippen molar-refractivity contribution in [3.05, 3.63) is 53.0 Å². The molecular formula is C16H16FN3O. The number of aromatic nitrogens is 1. The summed E-state index contributed by atoms with van der Waals surface area (Å²) in [6.45, 7) is 0. The second-order valence-electron chi connectivity index (χ2n) is 5.13. The lowest BCUT2D eigenvalue weighted by Crippen LogP contribution is -2.16. The summed E-state index contributed by atoms with van der Waals surface area (Å²) >= 11 is 0. The maximum Gasteiger partial charge on any atom is 0.230 e. The van der Waals surface area contributed by atoms with Gasteiger partial charge < -0.3 is 10.5 Å². The van der Waals surface area contributed by atoms with Crippen molar-refractivity contribution in [3.63, 3.8) is 0 Å². The Balaban J connectivity index is 2.01. The lowest BCUT2D eigenvalue weighted by Gasteiger charge is -2.18. The number of halogens is 1. The smallest absolute Gasteiger partial charge is 0.230 e. The Hall–Kier alpha value is -2.43. The molecule has 1 heterocycles. The Kier molecular flexibility index (Phi) is 3.56. The highest BCUT2D eigenvalue weighted by Crippen LogP contribution is 2.29. The predicted molar refractivity (Wildman–Crippen MR) is 78.4 cm³/mol. The number of pyridine rings is 1. The molecule has 4 nitrogen and oxygen atoms in total. The van der Waals surface area contributed by atoms with E-state index in [4.69, 9.17) is 15.9 Å². The molecular weight excluding hydrogens is 269 g/mol. The molecule has 0 aliphatic heterocycles. The summed E-state index contributed by atoms with van der Waals surface area (Å²) < 4.78 is 18.9. The van der Waals surface area contributed by atoms with Gasteiger partial charge >= 0.3 is 0 Å². The Morgan fingerprint density at radius 1 is 1.24 bits per heavy atom. The number of nitrogens with one attached hydrogen (secondary N) is 1. The molecule has 21 heavy (non-hydrogen) atoms. The van der Waals surface area contributed by atoms with E-state index in [1.807, 2.05) is 6.07 Å². The van der Waals surface area contributed by atoms with Crippen LogP contribution in [0.4, 0.5) is 4.39 Å². The van der Waals surface area contributed by atoms with Gasteiger partial charge in [0.15, 0.2) is 0 Å². The molecule has 0 atom stereocenters. The first kappa shape index (κ1) is 13.5. The molecule has 0 unspecified atom stereocenters. The highest BCUT2D eigenvalue weighted by molar-refractivity contribution is 5.97. The van der Waals surface area contributed by atoms with Gasteiger partial charge in [0.1, 0.15) is 17.4 Å². The number of ether oxygens (including phenoxy) is 1. The number of nitrogens with two attached hydrogens (primary N) is 1. The molecule has 3 rings (SSSR count). The molecule has 0 bridgehead atoms. The van der Waals surface area contributed by atoms with Crippen molar-refractivity contribution in [1.29, 1.82) is 5.41 Å². The molecule has 5 heteroatoms. The summed E-state index contributed by atoms with van der Waals surface area (Å²) in [7, 11) is 0. The molecule has 1 aliphatic carbocycles. The topological polar surface area (TPSA) is 72.0 Å². The van der Waals surface area contributed by atoms with Gasteiger partial charge in [-0.3, -0.25) is 5.41 Å². The van der Waals surface area contributed by atoms with Crippen LogP contribution in [-0.2, 0) is 12.8 Å². The van der Waals surface area contributed by atoms with Crippen molar-refractivity contribution in [2.75, 3.05) is 0 Å². The third kappa shape index (κ3) is 2.86. The zero-order valence-corrected chi connectivity index (χ0v) is 11.5. The van der Waals surface area contributed by atoms with Crippen molar-refractivity contribution in [2.24, 2.45) is 5.73 Å². The molecule has 0 saturated carbocycles. The summed E-state index contributed by atoms with van der Waals surface area (Å²) in [6, 6.07) is 7.72. The van der Waals surface area contributed by atoms with E-state index < -0.39 is 0 Å². The first-order chi connectivity index (χ1) is 10.1. The molecule has 0 amide bonds. The van der Waals surface area contributed by atoms with Crippen LogP contribution < -0.4 is 10.5 Å². The van der Waals surface area contributed by atoms with Crippen LogP contribution in [0.1, 0.15) is 29.7 Å². The fourth-order valence-electron chi connectivity index (χ4n) is 2.53. The highest BCUT2D eigenvalue weighted by atomic mass is 19.1. The fourth-order valence-corrected chi connectivity index (χ4v) is 2.53. The number of benzene rings is 1. The summed E-state index contributed by atoms with van der Waals surface area (Å²) in [5.41, 5.74) is 8.19. The highest BCUT2D eigenvalue weighted by Gasteiger charge is 2.18. The number of fused-ring (bicyclic) bond motifs is 1. The minimum Gasteiger partial charge on any atom is -0.438 e. The van der Waals surface area contributed by atoms with Crippen LogP contribution in [-0.4, -0.2) is 10.8 Å². The van der Waals surface area contributed by atoms with Crippen LogP contribution >= 0.6 is 0 Å². The van der Waals surface area contributed by atoms with Gasteiger partial charge in [0, 0.05) is 11.8 Å². The molecule has 0 fully saturated rings. The Morgan fingerprint density at radius 3 is 2.81 bits per heavy atom. The van der Waals surface area contributed by atoms with Crippen LogP contribution in [0.5, 0.6) is 11.6 Å². The van der Waals surface area contributed by atoms with Crippen LogP contribution in [0.15, 0.2) is 30.3 Å². The maximum atomic E-state index is 13.2. The lowest BCUT2D eigenvalue weighted by atomic mass is 9.95. The van der Waals surface area contributed by atoms with Gasteiger partial charge in [-0.25, -0.2) is 9.37 Å². The minimum absolute atomic E-state index is 0.0951. The lowest BCUT2D eigenvalue weighted by molar-refractivity contribution is 0.452. The van der Waals surface area contributed by atoms with Gasteiger partial charge in [0.25, 0.3) is 0 Å². The molecule has 0 saturated heterocycles. The zero-order chi connectivity index (χ0) is 14.8. The quantitative estimate of drug-likeness (QED) is 0.672. The summed E-state index contributed by atoms with van der Waals surface area (Å²) in [5.74, 6) is 0.145.